The zero-order valence-corrected chi connectivity index (χ0v) is 14.6. The van der Waals surface area contributed by atoms with Crippen molar-refractivity contribution in [2.75, 3.05) is 12.4 Å². The molecule has 0 radical (unpaired) electrons. The molecule has 0 aliphatic heterocycles. The van der Waals surface area contributed by atoms with Crippen LogP contribution in [0.1, 0.15) is 29.0 Å². The minimum Gasteiger partial charge on any atom is -0.497 e. The Labute approximate surface area is 147 Å². The van der Waals surface area contributed by atoms with Gasteiger partial charge in [-0.2, -0.15) is 0 Å². The summed E-state index contributed by atoms with van der Waals surface area (Å²) in [6.45, 7) is 3.90. The first-order chi connectivity index (χ1) is 12.0. The number of nitrogens with one attached hydrogen (secondary N) is 2. The molecule has 1 aliphatic carbocycles. The maximum Gasteiger partial charge on any atom is 0.313 e. The van der Waals surface area contributed by atoms with E-state index in [2.05, 4.69) is 10.6 Å². The number of benzene rings is 2. The van der Waals surface area contributed by atoms with Crippen LogP contribution in [-0.4, -0.2) is 25.0 Å². The molecule has 0 bridgehead atoms. The first kappa shape index (κ1) is 17.0. The minimum absolute atomic E-state index is 0.00545. The molecule has 1 saturated carbocycles. The number of hydrogen-bond donors (Lipinski definition) is 2. The molecule has 5 heteroatoms. The van der Waals surface area contributed by atoms with Gasteiger partial charge in [0.2, 0.25) is 0 Å². The van der Waals surface area contributed by atoms with E-state index < -0.39 is 11.8 Å². The van der Waals surface area contributed by atoms with Gasteiger partial charge in [0.15, 0.2) is 0 Å². The fourth-order valence-electron chi connectivity index (χ4n) is 3.04. The van der Waals surface area contributed by atoms with Gasteiger partial charge in [0, 0.05) is 17.6 Å². The summed E-state index contributed by atoms with van der Waals surface area (Å²) in [7, 11) is 1.63. The van der Waals surface area contributed by atoms with Gasteiger partial charge in [0.05, 0.1) is 7.11 Å². The Kier molecular flexibility index (Phi) is 4.74. The van der Waals surface area contributed by atoms with Gasteiger partial charge >= 0.3 is 11.8 Å². The van der Waals surface area contributed by atoms with E-state index in [1.54, 1.807) is 7.11 Å². The van der Waals surface area contributed by atoms with Gasteiger partial charge in [-0.25, -0.2) is 0 Å². The predicted molar refractivity (Wildman–Crippen MR) is 96.8 cm³/mol. The van der Waals surface area contributed by atoms with Crippen LogP contribution in [0.4, 0.5) is 5.69 Å². The van der Waals surface area contributed by atoms with E-state index in [0.29, 0.717) is 5.69 Å². The zero-order valence-electron chi connectivity index (χ0n) is 14.6. The number of aryl methyl sites for hydroxylation is 2. The van der Waals surface area contributed by atoms with Crippen molar-refractivity contribution in [3.8, 4) is 5.75 Å². The standard InChI is InChI=1S/C20H22N2O3/c1-12-8-13(2)10-15(9-12)21-19(23)20(24)22-18-11-17(18)14-4-6-16(25-3)7-5-14/h4-10,17-18H,11H2,1-3H3,(H,21,23)(H,22,24)/t17-,18+/m0/s1. The van der Waals surface area contributed by atoms with Crippen LogP contribution in [0.25, 0.3) is 0 Å². The highest BCUT2D eigenvalue weighted by molar-refractivity contribution is 6.39. The zero-order chi connectivity index (χ0) is 18.0. The molecule has 3 rings (SSSR count). The molecule has 1 aliphatic rings. The number of ether oxygens (including phenoxy) is 1. The molecule has 2 aromatic carbocycles. The van der Waals surface area contributed by atoms with Crippen LogP contribution >= 0.6 is 0 Å². The molecule has 5 nitrogen and oxygen atoms in total. The molecule has 2 amide bonds. The van der Waals surface area contributed by atoms with Crippen LogP contribution < -0.4 is 15.4 Å². The second-order valence-electron chi connectivity index (χ2n) is 6.53. The SMILES string of the molecule is COc1ccc([C@@H]2C[C@H]2NC(=O)C(=O)Nc2cc(C)cc(C)c2)cc1. The second kappa shape index (κ2) is 6.97. The lowest BCUT2D eigenvalue weighted by Gasteiger charge is -2.08. The van der Waals surface area contributed by atoms with Crippen LogP contribution in [0.5, 0.6) is 5.75 Å². The molecule has 0 saturated heterocycles. The van der Waals surface area contributed by atoms with Crippen molar-refractivity contribution >= 4 is 17.5 Å². The van der Waals surface area contributed by atoms with E-state index in [1.165, 1.54) is 0 Å². The minimum atomic E-state index is -0.634. The third-order valence-corrected chi connectivity index (χ3v) is 4.34. The van der Waals surface area contributed by atoms with E-state index in [1.807, 2.05) is 56.3 Å². The molecule has 130 valence electrons. The Morgan fingerprint density at radius 2 is 1.64 bits per heavy atom. The van der Waals surface area contributed by atoms with E-state index in [0.717, 1.165) is 28.9 Å². The lowest BCUT2D eigenvalue weighted by atomic mass is 10.1. The van der Waals surface area contributed by atoms with E-state index in [9.17, 15) is 9.59 Å². The summed E-state index contributed by atoms with van der Waals surface area (Å²) in [5.74, 6) is -0.174. The predicted octanol–water partition coefficient (Wildman–Crippen LogP) is 2.92. The van der Waals surface area contributed by atoms with Gasteiger partial charge in [-0.3, -0.25) is 9.59 Å². The summed E-state index contributed by atoms with van der Waals surface area (Å²) in [6.07, 6.45) is 0.842. The first-order valence-electron chi connectivity index (χ1n) is 8.30. The van der Waals surface area contributed by atoms with Gasteiger partial charge < -0.3 is 15.4 Å². The van der Waals surface area contributed by atoms with Crippen molar-refractivity contribution in [3.05, 3.63) is 59.2 Å². The lowest BCUT2D eigenvalue weighted by Crippen LogP contribution is -2.37. The van der Waals surface area contributed by atoms with Crippen molar-refractivity contribution in [3.63, 3.8) is 0 Å². The lowest BCUT2D eigenvalue weighted by molar-refractivity contribution is -0.136. The third-order valence-electron chi connectivity index (χ3n) is 4.34. The van der Waals surface area contributed by atoms with Gasteiger partial charge in [0.1, 0.15) is 5.75 Å². The highest BCUT2D eigenvalue weighted by Gasteiger charge is 2.40. The number of carbonyl (C=O) groups excluding carboxylic acids is 2. The van der Waals surface area contributed by atoms with Crippen molar-refractivity contribution < 1.29 is 14.3 Å². The maximum atomic E-state index is 12.1. The highest BCUT2D eigenvalue weighted by Crippen LogP contribution is 2.41. The van der Waals surface area contributed by atoms with Crippen LogP contribution in [0.3, 0.4) is 0 Å². The molecule has 0 aromatic heterocycles. The Hall–Kier alpha value is -2.82. The number of carbonyl (C=O) groups is 2. The summed E-state index contributed by atoms with van der Waals surface area (Å²) in [4.78, 5) is 24.2. The molecule has 1 fully saturated rings. The molecular weight excluding hydrogens is 316 g/mol. The molecular formula is C20H22N2O3. The highest BCUT2D eigenvalue weighted by atomic mass is 16.5. The van der Waals surface area contributed by atoms with Crippen LogP contribution in [0.2, 0.25) is 0 Å². The second-order valence-corrected chi connectivity index (χ2v) is 6.53. The fourth-order valence-corrected chi connectivity index (χ4v) is 3.04. The fraction of sp³-hybridized carbons (Fsp3) is 0.300. The van der Waals surface area contributed by atoms with Gasteiger partial charge in [-0.05, 0) is 61.2 Å². The molecule has 2 atom stereocenters. The quantitative estimate of drug-likeness (QED) is 0.842. The largest absolute Gasteiger partial charge is 0.497 e. The molecule has 0 spiro atoms. The number of hydrogen-bond acceptors (Lipinski definition) is 3. The molecule has 0 unspecified atom stereocenters. The monoisotopic (exact) mass is 338 g/mol. The third kappa shape index (κ3) is 4.18. The normalized spacial score (nSPS) is 18.4. The average Bonchev–Trinajstić information content (AvgIpc) is 3.33. The Morgan fingerprint density at radius 1 is 1.00 bits per heavy atom. The first-order valence-corrected chi connectivity index (χ1v) is 8.30. The number of rotatable bonds is 4. The van der Waals surface area contributed by atoms with Crippen LogP contribution in [-0.2, 0) is 9.59 Å². The smallest absolute Gasteiger partial charge is 0.313 e. The Morgan fingerprint density at radius 3 is 2.24 bits per heavy atom. The van der Waals surface area contributed by atoms with Crippen molar-refractivity contribution in [2.45, 2.75) is 32.2 Å². The molecule has 2 N–H and O–H groups in total. The molecule has 2 aromatic rings. The van der Waals surface area contributed by atoms with Gasteiger partial charge in [-0.1, -0.05) is 18.2 Å². The van der Waals surface area contributed by atoms with Crippen molar-refractivity contribution in [1.29, 1.82) is 0 Å². The topological polar surface area (TPSA) is 67.4 Å². The molecule has 25 heavy (non-hydrogen) atoms. The van der Waals surface area contributed by atoms with Crippen molar-refractivity contribution in [1.82, 2.24) is 5.32 Å². The van der Waals surface area contributed by atoms with Crippen LogP contribution in [0.15, 0.2) is 42.5 Å². The average molecular weight is 338 g/mol. The maximum absolute atomic E-state index is 12.1. The van der Waals surface area contributed by atoms with Crippen LogP contribution in [0, 0.1) is 13.8 Å². The summed E-state index contributed by atoms with van der Waals surface area (Å²) < 4.78 is 5.14. The van der Waals surface area contributed by atoms with Crippen molar-refractivity contribution in [2.24, 2.45) is 0 Å². The number of methoxy groups -OCH3 is 1. The number of anilines is 1. The van der Waals surface area contributed by atoms with E-state index in [4.69, 9.17) is 4.74 Å². The summed E-state index contributed by atoms with van der Waals surface area (Å²) in [5.41, 5.74) is 3.86. The molecule has 0 heterocycles. The van der Waals surface area contributed by atoms with E-state index in [-0.39, 0.29) is 12.0 Å². The Bertz CT molecular complexity index is 779. The Balaban J connectivity index is 1.54. The number of amides is 2. The van der Waals surface area contributed by atoms with E-state index >= 15 is 0 Å². The van der Waals surface area contributed by atoms with Gasteiger partial charge in [0.25, 0.3) is 0 Å². The summed E-state index contributed by atoms with van der Waals surface area (Å²) in [6, 6.07) is 13.5. The summed E-state index contributed by atoms with van der Waals surface area (Å²) in [5, 5.41) is 5.46. The summed E-state index contributed by atoms with van der Waals surface area (Å²) >= 11 is 0. The van der Waals surface area contributed by atoms with Gasteiger partial charge in [-0.15, -0.1) is 0 Å².